The number of carbonyl (C=O) groups excluding carboxylic acids is 1. The molecule has 0 fully saturated rings. The molecule has 15 heavy (non-hydrogen) atoms. The van der Waals surface area contributed by atoms with Crippen molar-refractivity contribution in [2.24, 2.45) is 0 Å². The molecule has 0 spiro atoms. The van der Waals surface area contributed by atoms with Crippen molar-refractivity contribution in [1.82, 2.24) is 15.1 Å². The molecule has 0 aliphatic rings. The molecule has 82 valence electrons. The molecule has 0 radical (unpaired) electrons. The van der Waals surface area contributed by atoms with E-state index in [0.717, 1.165) is 17.0 Å². The van der Waals surface area contributed by atoms with Gasteiger partial charge in [0.1, 0.15) is 12.2 Å². The van der Waals surface area contributed by atoms with Crippen molar-refractivity contribution in [3.05, 3.63) is 17.5 Å². The predicted molar refractivity (Wildman–Crippen MR) is 52.6 cm³/mol. The number of aryl methyl sites for hydroxylation is 1. The van der Waals surface area contributed by atoms with E-state index in [9.17, 15) is 9.59 Å². The normalized spacial score (nSPS) is 10.0. The lowest BCUT2D eigenvalue weighted by atomic mass is 10.3. The van der Waals surface area contributed by atoms with E-state index in [4.69, 9.17) is 5.11 Å². The van der Waals surface area contributed by atoms with Gasteiger partial charge in [-0.1, -0.05) is 6.92 Å². The number of aromatic nitrogens is 2. The Morgan fingerprint density at radius 1 is 1.60 bits per heavy atom. The molecule has 1 heterocycles. The number of carbonyl (C=O) groups is 2. The van der Waals surface area contributed by atoms with Crippen LogP contribution in [0.5, 0.6) is 0 Å². The second-order valence-electron chi connectivity index (χ2n) is 3.19. The second-order valence-corrected chi connectivity index (χ2v) is 3.19. The summed E-state index contributed by atoms with van der Waals surface area (Å²) in [5.41, 5.74) is 1.10. The van der Waals surface area contributed by atoms with Gasteiger partial charge in [0.25, 0.3) is 5.91 Å². The van der Waals surface area contributed by atoms with Gasteiger partial charge in [-0.05, 0) is 12.5 Å². The molecule has 0 atom stereocenters. The summed E-state index contributed by atoms with van der Waals surface area (Å²) in [4.78, 5) is 23.1. The summed E-state index contributed by atoms with van der Waals surface area (Å²) in [5.74, 6) is -1.44. The SMILES string of the molecule is CCc1cc(C(=O)N(C)CC(=O)O)n[nH]1. The number of rotatable bonds is 4. The van der Waals surface area contributed by atoms with Gasteiger partial charge in [-0.25, -0.2) is 0 Å². The van der Waals surface area contributed by atoms with Crippen molar-refractivity contribution >= 4 is 11.9 Å². The average molecular weight is 211 g/mol. The van der Waals surface area contributed by atoms with Gasteiger partial charge in [-0.2, -0.15) is 5.10 Å². The Bertz CT molecular complexity index is 372. The number of H-pyrrole nitrogens is 1. The number of hydrogen-bond donors (Lipinski definition) is 2. The van der Waals surface area contributed by atoms with Crippen molar-refractivity contribution in [1.29, 1.82) is 0 Å². The Kier molecular flexibility index (Phi) is 3.43. The third-order valence-electron chi connectivity index (χ3n) is 1.95. The standard InChI is InChI=1S/C9H13N3O3/c1-3-6-4-7(11-10-6)9(15)12(2)5-8(13)14/h4H,3,5H2,1-2H3,(H,10,11)(H,13,14). The zero-order valence-corrected chi connectivity index (χ0v) is 8.65. The fourth-order valence-electron chi connectivity index (χ4n) is 1.12. The summed E-state index contributed by atoms with van der Waals surface area (Å²) >= 11 is 0. The number of nitrogens with zero attached hydrogens (tertiary/aromatic N) is 2. The Morgan fingerprint density at radius 2 is 2.27 bits per heavy atom. The molecular formula is C9H13N3O3. The minimum Gasteiger partial charge on any atom is -0.480 e. The lowest BCUT2D eigenvalue weighted by Gasteiger charge is -2.11. The highest BCUT2D eigenvalue weighted by molar-refractivity contribution is 5.93. The Morgan fingerprint density at radius 3 is 2.73 bits per heavy atom. The third kappa shape index (κ3) is 2.80. The molecule has 1 amide bonds. The smallest absolute Gasteiger partial charge is 0.323 e. The molecule has 2 N–H and O–H groups in total. The molecular weight excluding hydrogens is 198 g/mol. The first kappa shape index (κ1) is 11.2. The van der Waals surface area contributed by atoms with Crippen molar-refractivity contribution in [3.8, 4) is 0 Å². The summed E-state index contributed by atoms with van der Waals surface area (Å²) in [7, 11) is 1.43. The van der Waals surface area contributed by atoms with Crippen LogP contribution >= 0.6 is 0 Å². The van der Waals surface area contributed by atoms with Gasteiger partial charge in [0.2, 0.25) is 0 Å². The van der Waals surface area contributed by atoms with Gasteiger partial charge in [0, 0.05) is 12.7 Å². The van der Waals surface area contributed by atoms with Crippen LogP contribution in [0.2, 0.25) is 0 Å². The second kappa shape index (κ2) is 4.59. The maximum Gasteiger partial charge on any atom is 0.323 e. The number of carboxylic acids is 1. The molecule has 6 heteroatoms. The number of nitrogens with one attached hydrogen (secondary N) is 1. The summed E-state index contributed by atoms with van der Waals surface area (Å²) in [5, 5.41) is 15.0. The third-order valence-corrected chi connectivity index (χ3v) is 1.95. The van der Waals surface area contributed by atoms with Crippen molar-refractivity contribution in [2.75, 3.05) is 13.6 Å². The molecule has 1 aromatic heterocycles. The minimum atomic E-state index is -1.04. The Hall–Kier alpha value is -1.85. The van der Waals surface area contributed by atoms with E-state index in [1.54, 1.807) is 6.07 Å². The number of hydrogen-bond acceptors (Lipinski definition) is 3. The van der Waals surface area contributed by atoms with E-state index >= 15 is 0 Å². The topological polar surface area (TPSA) is 86.3 Å². The number of aliphatic carboxylic acids is 1. The highest BCUT2D eigenvalue weighted by Gasteiger charge is 2.16. The Labute approximate surface area is 86.9 Å². The molecule has 0 unspecified atom stereocenters. The first-order valence-electron chi connectivity index (χ1n) is 4.56. The molecule has 1 aromatic rings. The van der Waals surface area contributed by atoms with Crippen LogP contribution in [-0.2, 0) is 11.2 Å². The molecule has 1 rings (SSSR count). The molecule has 0 aromatic carbocycles. The molecule has 0 bridgehead atoms. The molecule has 0 aliphatic heterocycles. The van der Waals surface area contributed by atoms with E-state index in [-0.39, 0.29) is 12.2 Å². The van der Waals surface area contributed by atoms with Crippen LogP contribution in [0.25, 0.3) is 0 Å². The largest absolute Gasteiger partial charge is 0.480 e. The zero-order valence-electron chi connectivity index (χ0n) is 8.65. The fourth-order valence-corrected chi connectivity index (χ4v) is 1.12. The summed E-state index contributed by atoms with van der Waals surface area (Å²) in [6, 6.07) is 1.63. The molecule has 6 nitrogen and oxygen atoms in total. The summed E-state index contributed by atoms with van der Waals surface area (Å²) in [6.07, 6.45) is 0.753. The van der Waals surface area contributed by atoms with Crippen LogP contribution in [0.15, 0.2) is 6.07 Å². The van der Waals surface area contributed by atoms with Crippen molar-refractivity contribution in [3.63, 3.8) is 0 Å². The maximum absolute atomic E-state index is 11.6. The van der Waals surface area contributed by atoms with Gasteiger partial charge < -0.3 is 10.0 Å². The maximum atomic E-state index is 11.6. The lowest BCUT2D eigenvalue weighted by Crippen LogP contribution is -2.32. The molecule has 0 aliphatic carbocycles. The van der Waals surface area contributed by atoms with Crippen LogP contribution in [-0.4, -0.2) is 45.7 Å². The van der Waals surface area contributed by atoms with Gasteiger partial charge in [0.15, 0.2) is 0 Å². The number of carboxylic acid groups (broad SMARTS) is 1. The van der Waals surface area contributed by atoms with E-state index in [2.05, 4.69) is 10.2 Å². The van der Waals surface area contributed by atoms with Crippen LogP contribution in [0.1, 0.15) is 23.1 Å². The molecule has 0 saturated heterocycles. The first-order chi connectivity index (χ1) is 7.04. The lowest BCUT2D eigenvalue weighted by molar-refractivity contribution is -0.137. The highest BCUT2D eigenvalue weighted by atomic mass is 16.4. The van der Waals surface area contributed by atoms with Gasteiger partial charge in [0.05, 0.1) is 0 Å². The fraction of sp³-hybridized carbons (Fsp3) is 0.444. The van der Waals surface area contributed by atoms with E-state index in [1.807, 2.05) is 6.92 Å². The van der Waals surface area contributed by atoms with E-state index < -0.39 is 11.9 Å². The minimum absolute atomic E-state index is 0.246. The predicted octanol–water partition coefficient (Wildman–Crippen LogP) is 0.129. The van der Waals surface area contributed by atoms with Gasteiger partial charge >= 0.3 is 5.97 Å². The van der Waals surface area contributed by atoms with Gasteiger partial charge in [-0.15, -0.1) is 0 Å². The Balaban J connectivity index is 2.71. The quantitative estimate of drug-likeness (QED) is 0.741. The van der Waals surface area contributed by atoms with Gasteiger partial charge in [-0.3, -0.25) is 14.7 Å². The zero-order chi connectivity index (χ0) is 11.4. The van der Waals surface area contributed by atoms with Crippen molar-refractivity contribution < 1.29 is 14.7 Å². The van der Waals surface area contributed by atoms with E-state index in [1.165, 1.54) is 7.05 Å². The summed E-state index contributed by atoms with van der Waals surface area (Å²) in [6.45, 7) is 1.61. The van der Waals surface area contributed by atoms with Crippen LogP contribution in [0.3, 0.4) is 0 Å². The van der Waals surface area contributed by atoms with Crippen LogP contribution in [0, 0.1) is 0 Å². The number of likely N-dealkylation sites (N-methyl/N-ethyl adjacent to an activating group) is 1. The number of amides is 1. The van der Waals surface area contributed by atoms with Crippen LogP contribution < -0.4 is 0 Å². The first-order valence-corrected chi connectivity index (χ1v) is 4.56. The summed E-state index contributed by atoms with van der Waals surface area (Å²) < 4.78 is 0. The van der Waals surface area contributed by atoms with Crippen molar-refractivity contribution in [2.45, 2.75) is 13.3 Å². The average Bonchev–Trinajstić information content (AvgIpc) is 2.63. The van der Waals surface area contributed by atoms with E-state index in [0.29, 0.717) is 0 Å². The molecule has 0 saturated carbocycles. The van der Waals surface area contributed by atoms with Crippen LogP contribution in [0.4, 0.5) is 0 Å². The highest BCUT2D eigenvalue weighted by Crippen LogP contribution is 2.03. The monoisotopic (exact) mass is 211 g/mol. The number of aromatic amines is 1.